The van der Waals surface area contributed by atoms with E-state index < -0.39 is 12.0 Å². The molecule has 1 aliphatic rings. The number of carbonyl (C=O) groups excluding carboxylic acids is 2. The molecule has 0 saturated carbocycles. The highest BCUT2D eigenvalue weighted by atomic mass is 16.5. The zero-order valence-corrected chi connectivity index (χ0v) is 20.4. The van der Waals surface area contributed by atoms with E-state index in [1.165, 1.54) is 5.56 Å². The Morgan fingerprint density at radius 2 is 2.00 bits per heavy atom. The highest BCUT2D eigenvalue weighted by Gasteiger charge is 2.40. The summed E-state index contributed by atoms with van der Waals surface area (Å²) in [6.45, 7) is 11.1. The minimum absolute atomic E-state index is 0.00766. The molecule has 5 nitrogen and oxygen atoms in total. The molecule has 1 aromatic carbocycles. The second-order valence-electron chi connectivity index (χ2n) is 9.26. The van der Waals surface area contributed by atoms with Gasteiger partial charge in [-0.2, -0.15) is 0 Å². The standard InChI is InChI=1S/C27H42N2O3/c1-6-20(3)13-11-17-25(30)29-18-12-16-24(29)26(32-5)23(7-2)27(31)28-21(4)19-22-14-9-8-10-15-22/h7-10,14-15,20-21,23-24,26H,2,6,11-13,16-19H2,1,3-5H3,(H,28,31)/t20-,21+,23+,24-,26+/m0/s1. The highest BCUT2D eigenvalue weighted by molar-refractivity contribution is 5.82. The quantitative estimate of drug-likeness (QED) is 0.448. The molecule has 0 radical (unpaired) electrons. The van der Waals surface area contributed by atoms with Crippen molar-refractivity contribution in [2.24, 2.45) is 11.8 Å². The molecule has 2 amide bonds. The van der Waals surface area contributed by atoms with E-state index >= 15 is 0 Å². The predicted molar refractivity (Wildman–Crippen MR) is 130 cm³/mol. The third-order valence-corrected chi connectivity index (χ3v) is 6.74. The molecule has 178 valence electrons. The smallest absolute Gasteiger partial charge is 0.229 e. The van der Waals surface area contributed by atoms with E-state index in [1.807, 2.05) is 30.0 Å². The van der Waals surface area contributed by atoms with Crippen LogP contribution < -0.4 is 5.32 Å². The zero-order chi connectivity index (χ0) is 23.5. The summed E-state index contributed by atoms with van der Waals surface area (Å²) < 4.78 is 5.82. The van der Waals surface area contributed by atoms with Crippen LogP contribution in [0.5, 0.6) is 0 Å². The van der Waals surface area contributed by atoms with Crippen LogP contribution in [-0.2, 0) is 20.7 Å². The van der Waals surface area contributed by atoms with E-state index in [0.29, 0.717) is 12.3 Å². The fourth-order valence-electron chi connectivity index (χ4n) is 4.68. The Balaban J connectivity index is 1.99. The fourth-order valence-corrected chi connectivity index (χ4v) is 4.68. The first-order valence-corrected chi connectivity index (χ1v) is 12.2. The number of rotatable bonds is 13. The van der Waals surface area contributed by atoms with Crippen LogP contribution in [0.15, 0.2) is 43.0 Å². The number of benzene rings is 1. The van der Waals surface area contributed by atoms with Crippen molar-refractivity contribution in [3.8, 4) is 0 Å². The van der Waals surface area contributed by atoms with Crippen molar-refractivity contribution in [1.29, 1.82) is 0 Å². The van der Waals surface area contributed by atoms with Crippen LogP contribution in [-0.4, -0.2) is 48.6 Å². The Hall–Kier alpha value is -2.14. The maximum Gasteiger partial charge on any atom is 0.229 e. The molecule has 0 unspecified atom stereocenters. The first kappa shape index (κ1) is 26.1. The molecular formula is C27H42N2O3. The predicted octanol–water partition coefficient (Wildman–Crippen LogP) is 4.76. The highest BCUT2D eigenvalue weighted by Crippen LogP contribution is 2.28. The molecule has 1 saturated heterocycles. The van der Waals surface area contributed by atoms with Crippen molar-refractivity contribution >= 4 is 11.8 Å². The number of amides is 2. The molecule has 1 aromatic rings. The third kappa shape index (κ3) is 7.47. The van der Waals surface area contributed by atoms with Crippen LogP contribution in [0.1, 0.15) is 64.9 Å². The van der Waals surface area contributed by atoms with Gasteiger partial charge in [0, 0.05) is 26.1 Å². The van der Waals surface area contributed by atoms with Crippen molar-refractivity contribution in [3.63, 3.8) is 0 Å². The van der Waals surface area contributed by atoms with E-state index in [9.17, 15) is 9.59 Å². The van der Waals surface area contributed by atoms with Crippen molar-refractivity contribution < 1.29 is 14.3 Å². The van der Waals surface area contributed by atoms with Gasteiger partial charge in [-0.25, -0.2) is 0 Å². The molecule has 1 N–H and O–H groups in total. The number of carbonyl (C=O) groups is 2. The molecule has 32 heavy (non-hydrogen) atoms. The van der Waals surface area contributed by atoms with Crippen molar-refractivity contribution in [2.45, 2.75) is 83.9 Å². The number of likely N-dealkylation sites (tertiary alicyclic amines) is 1. The van der Waals surface area contributed by atoms with Gasteiger partial charge in [0.2, 0.25) is 11.8 Å². The number of ether oxygens (including phenoxy) is 1. The minimum atomic E-state index is -0.503. The molecule has 0 spiro atoms. The van der Waals surface area contributed by atoms with E-state index in [1.54, 1.807) is 13.2 Å². The summed E-state index contributed by atoms with van der Waals surface area (Å²) in [5.41, 5.74) is 1.18. The van der Waals surface area contributed by atoms with Gasteiger partial charge in [0.05, 0.1) is 18.1 Å². The lowest BCUT2D eigenvalue weighted by molar-refractivity contribution is -0.139. The number of nitrogens with one attached hydrogen (secondary N) is 1. The normalized spacial score (nSPS) is 19.8. The summed E-state index contributed by atoms with van der Waals surface area (Å²) in [6.07, 6.45) is 7.53. The number of nitrogens with zero attached hydrogens (tertiary/aromatic N) is 1. The Morgan fingerprint density at radius 3 is 2.62 bits per heavy atom. The lowest BCUT2D eigenvalue weighted by Gasteiger charge is -2.34. The van der Waals surface area contributed by atoms with Crippen LogP contribution in [0.3, 0.4) is 0 Å². The second kappa shape index (κ2) is 13.4. The average Bonchev–Trinajstić information content (AvgIpc) is 3.27. The average molecular weight is 443 g/mol. The monoisotopic (exact) mass is 442 g/mol. The van der Waals surface area contributed by atoms with E-state index in [0.717, 1.165) is 45.1 Å². The molecular weight excluding hydrogens is 400 g/mol. The van der Waals surface area contributed by atoms with Crippen LogP contribution in [0.4, 0.5) is 0 Å². The van der Waals surface area contributed by atoms with E-state index in [2.05, 4.69) is 37.9 Å². The van der Waals surface area contributed by atoms with Gasteiger partial charge >= 0.3 is 0 Å². The minimum Gasteiger partial charge on any atom is -0.378 e. The summed E-state index contributed by atoms with van der Waals surface area (Å²) in [7, 11) is 1.63. The molecule has 1 aliphatic heterocycles. The van der Waals surface area contributed by atoms with Crippen molar-refractivity contribution in [3.05, 3.63) is 48.6 Å². The summed E-state index contributed by atoms with van der Waals surface area (Å²) in [5.74, 6) is 0.234. The summed E-state index contributed by atoms with van der Waals surface area (Å²) in [6, 6.07) is 10.0. The first-order valence-electron chi connectivity index (χ1n) is 12.2. The van der Waals surface area contributed by atoms with Crippen LogP contribution in [0.25, 0.3) is 0 Å². The Kier molecular flexibility index (Phi) is 10.9. The summed E-state index contributed by atoms with van der Waals surface area (Å²) >= 11 is 0. The number of hydrogen-bond donors (Lipinski definition) is 1. The zero-order valence-electron chi connectivity index (χ0n) is 20.4. The molecule has 0 bridgehead atoms. The summed E-state index contributed by atoms with van der Waals surface area (Å²) in [5, 5.41) is 3.12. The van der Waals surface area contributed by atoms with Gasteiger partial charge in [0.15, 0.2) is 0 Å². The van der Waals surface area contributed by atoms with Gasteiger partial charge in [0.25, 0.3) is 0 Å². The molecule has 0 aliphatic carbocycles. The molecule has 0 aromatic heterocycles. The maximum atomic E-state index is 13.1. The first-order chi connectivity index (χ1) is 15.4. The molecule has 1 fully saturated rings. The molecule has 5 heteroatoms. The van der Waals surface area contributed by atoms with E-state index in [-0.39, 0.29) is 23.9 Å². The second-order valence-corrected chi connectivity index (χ2v) is 9.26. The van der Waals surface area contributed by atoms with E-state index in [4.69, 9.17) is 4.74 Å². The van der Waals surface area contributed by atoms with Crippen LogP contribution in [0.2, 0.25) is 0 Å². The molecule has 5 atom stereocenters. The third-order valence-electron chi connectivity index (χ3n) is 6.74. The Bertz CT molecular complexity index is 721. The Labute approximate surface area is 194 Å². The van der Waals surface area contributed by atoms with Crippen molar-refractivity contribution in [1.82, 2.24) is 10.2 Å². The molecule has 1 heterocycles. The van der Waals surface area contributed by atoms with Crippen LogP contribution in [0, 0.1) is 11.8 Å². The van der Waals surface area contributed by atoms with Gasteiger partial charge in [0.1, 0.15) is 0 Å². The van der Waals surface area contributed by atoms with Crippen molar-refractivity contribution in [2.75, 3.05) is 13.7 Å². The Morgan fingerprint density at radius 1 is 1.28 bits per heavy atom. The topological polar surface area (TPSA) is 58.6 Å². The SMILES string of the molecule is C=C[C@@H](C(=O)N[C@H](C)Cc1ccccc1)[C@@H](OC)[C@@H]1CCCN1C(=O)CCC[C@@H](C)CC. The maximum absolute atomic E-state index is 13.1. The van der Waals surface area contributed by atoms with Gasteiger partial charge in [-0.15, -0.1) is 6.58 Å². The van der Waals surface area contributed by atoms with Gasteiger partial charge in [-0.1, -0.05) is 63.1 Å². The van der Waals surface area contributed by atoms with Gasteiger partial charge < -0.3 is 15.0 Å². The lowest BCUT2D eigenvalue weighted by Crippen LogP contribution is -2.51. The lowest BCUT2D eigenvalue weighted by atomic mass is 9.92. The van der Waals surface area contributed by atoms with Gasteiger partial charge in [-0.05, 0) is 44.1 Å². The van der Waals surface area contributed by atoms with Gasteiger partial charge in [-0.3, -0.25) is 9.59 Å². The largest absolute Gasteiger partial charge is 0.378 e. The molecule has 2 rings (SSSR count). The fraction of sp³-hybridized carbons (Fsp3) is 0.630. The number of methoxy groups -OCH3 is 1. The summed E-state index contributed by atoms with van der Waals surface area (Å²) in [4.78, 5) is 28.0. The number of hydrogen-bond acceptors (Lipinski definition) is 3. The van der Waals surface area contributed by atoms with Crippen LogP contribution >= 0.6 is 0 Å².